The van der Waals surface area contributed by atoms with E-state index in [0.717, 1.165) is 0 Å². The van der Waals surface area contributed by atoms with Crippen molar-refractivity contribution in [3.8, 4) is 0 Å². The van der Waals surface area contributed by atoms with Crippen molar-refractivity contribution in [1.82, 2.24) is 0 Å². The molecular weight excluding hydrogens is 280 g/mol. The van der Waals surface area contributed by atoms with E-state index >= 15 is 0 Å². The molecule has 0 aromatic rings. The SMILES string of the molecule is C=C(C)C(=O)OOCC(C)OC(C)COOC(=O)C(=C)C. The van der Waals surface area contributed by atoms with Crippen LogP contribution in [0.3, 0.4) is 0 Å². The molecule has 0 aromatic carbocycles. The molecule has 0 saturated carbocycles. The Labute approximate surface area is 124 Å². The number of hydrogen-bond donors (Lipinski definition) is 0. The molecule has 0 amide bonds. The van der Waals surface area contributed by atoms with Gasteiger partial charge in [0.05, 0.1) is 12.2 Å². The Morgan fingerprint density at radius 2 is 1.19 bits per heavy atom. The quantitative estimate of drug-likeness (QED) is 0.346. The minimum atomic E-state index is -0.634. The van der Waals surface area contributed by atoms with Gasteiger partial charge in [-0.3, -0.25) is 9.78 Å². The van der Waals surface area contributed by atoms with Crippen LogP contribution in [0.5, 0.6) is 0 Å². The summed E-state index contributed by atoms with van der Waals surface area (Å²) in [6, 6.07) is 0. The zero-order valence-electron chi connectivity index (χ0n) is 12.8. The van der Waals surface area contributed by atoms with Crippen molar-refractivity contribution in [2.24, 2.45) is 0 Å². The average Bonchev–Trinajstić information content (AvgIpc) is 2.37. The molecule has 120 valence electrons. The summed E-state index contributed by atoms with van der Waals surface area (Å²) < 4.78 is 5.46. The van der Waals surface area contributed by atoms with E-state index in [4.69, 9.17) is 14.5 Å². The van der Waals surface area contributed by atoms with Gasteiger partial charge in [-0.05, 0) is 27.7 Å². The van der Waals surface area contributed by atoms with Gasteiger partial charge in [-0.1, -0.05) is 13.2 Å². The van der Waals surface area contributed by atoms with Gasteiger partial charge < -0.3 is 4.74 Å². The Bertz CT molecular complexity index is 353. The molecule has 0 aliphatic carbocycles. The van der Waals surface area contributed by atoms with Crippen molar-refractivity contribution < 1.29 is 33.9 Å². The average molecular weight is 302 g/mol. The molecule has 0 radical (unpaired) electrons. The number of hydrogen-bond acceptors (Lipinski definition) is 7. The lowest BCUT2D eigenvalue weighted by Crippen LogP contribution is -2.26. The van der Waals surface area contributed by atoms with Crippen molar-refractivity contribution in [1.29, 1.82) is 0 Å². The van der Waals surface area contributed by atoms with E-state index in [1.165, 1.54) is 13.8 Å². The highest BCUT2D eigenvalue weighted by atomic mass is 17.2. The van der Waals surface area contributed by atoms with Gasteiger partial charge >= 0.3 is 11.9 Å². The zero-order valence-corrected chi connectivity index (χ0v) is 12.8. The molecule has 0 heterocycles. The first-order valence-corrected chi connectivity index (χ1v) is 6.38. The number of rotatable bonds is 10. The van der Waals surface area contributed by atoms with Gasteiger partial charge in [0, 0.05) is 11.1 Å². The van der Waals surface area contributed by atoms with Gasteiger partial charge in [-0.2, -0.15) is 9.78 Å². The molecule has 0 aliphatic rings. The van der Waals surface area contributed by atoms with Crippen LogP contribution in [0.15, 0.2) is 24.3 Å². The molecule has 7 heteroatoms. The van der Waals surface area contributed by atoms with E-state index in [-0.39, 0.29) is 36.6 Å². The smallest absolute Gasteiger partial charge is 0.368 e. The van der Waals surface area contributed by atoms with Crippen LogP contribution in [0, 0.1) is 0 Å². The molecule has 0 saturated heterocycles. The molecule has 0 bridgehead atoms. The maximum Gasteiger partial charge on any atom is 0.368 e. The summed E-state index contributed by atoms with van der Waals surface area (Å²) in [5, 5.41) is 0. The summed E-state index contributed by atoms with van der Waals surface area (Å²) in [5.41, 5.74) is 0.481. The molecule has 0 aliphatic heterocycles. The minimum absolute atomic E-state index is 0.0505. The van der Waals surface area contributed by atoms with E-state index in [0.29, 0.717) is 0 Å². The predicted octanol–water partition coefficient (Wildman–Crippen LogP) is 1.88. The highest BCUT2D eigenvalue weighted by Gasteiger charge is 2.13. The Morgan fingerprint density at radius 3 is 1.48 bits per heavy atom. The third-order valence-corrected chi connectivity index (χ3v) is 2.04. The van der Waals surface area contributed by atoms with E-state index < -0.39 is 11.9 Å². The molecule has 0 rings (SSSR count). The topological polar surface area (TPSA) is 80.3 Å². The van der Waals surface area contributed by atoms with Crippen molar-refractivity contribution in [3.05, 3.63) is 24.3 Å². The minimum Gasteiger partial charge on any atom is -0.370 e. The Balaban J connectivity index is 3.76. The second-order valence-corrected chi connectivity index (χ2v) is 4.63. The van der Waals surface area contributed by atoms with Crippen LogP contribution in [-0.4, -0.2) is 37.4 Å². The van der Waals surface area contributed by atoms with Crippen LogP contribution in [0.4, 0.5) is 0 Å². The van der Waals surface area contributed by atoms with E-state index in [1.807, 2.05) is 0 Å². The first-order valence-electron chi connectivity index (χ1n) is 6.38. The first-order chi connectivity index (χ1) is 9.73. The molecule has 0 aromatic heterocycles. The molecule has 2 unspecified atom stereocenters. The molecule has 2 atom stereocenters. The van der Waals surface area contributed by atoms with Gasteiger partial charge in [0.2, 0.25) is 0 Å². The van der Waals surface area contributed by atoms with E-state index in [9.17, 15) is 9.59 Å². The Hall–Kier alpha value is -1.70. The van der Waals surface area contributed by atoms with Crippen LogP contribution in [0.2, 0.25) is 0 Å². The van der Waals surface area contributed by atoms with Crippen LogP contribution < -0.4 is 0 Å². The van der Waals surface area contributed by atoms with Gasteiger partial charge in [0.15, 0.2) is 0 Å². The van der Waals surface area contributed by atoms with Crippen LogP contribution in [0.1, 0.15) is 27.7 Å². The molecule has 21 heavy (non-hydrogen) atoms. The highest BCUT2D eigenvalue weighted by Crippen LogP contribution is 2.02. The van der Waals surface area contributed by atoms with Crippen molar-refractivity contribution in [2.75, 3.05) is 13.2 Å². The summed E-state index contributed by atoms with van der Waals surface area (Å²) in [5.74, 6) is -1.27. The summed E-state index contributed by atoms with van der Waals surface area (Å²) in [6.45, 7) is 13.4. The first kappa shape index (κ1) is 19.3. The van der Waals surface area contributed by atoms with Gasteiger partial charge in [0.25, 0.3) is 0 Å². The Morgan fingerprint density at radius 1 is 0.857 bits per heavy atom. The summed E-state index contributed by atoms with van der Waals surface area (Å²) in [7, 11) is 0. The number of ether oxygens (including phenoxy) is 1. The fourth-order valence-corrected chi connectivity index (χ4v) is 0.984. The van der Waals surface area contributed by atoms with Crippen LogP contribution in [-0.2, 0) is 33.9 Å². The normalized spacial score (nSPS) is 13.1. The third-order valence-electron chi connectivity index (χ3n) is 2.04. The Kier molecular flexibility index (Phi) is 9.27. The molecule has 0 spiro atoms. The molecular formula is C14H22O7. The van der Waals surface area contributed by atoms with E-state index in [2.05, 4.69) is 22.9 Å². The van der Waals surface area contributed by atoms with Crippen molar-refractivity contribution in [2.45, 2.75) is 39.9 Å². The van der Waals surface area contributed by atoms with Gasteiger partial charge in [-0.15, -0.1) is 0 Å². The fourth-order valence-electron chi connectivity index (χ4n) is 0.984. The van der Waals surface area contributed by atoms with E-state index in [1.54, 1.807) is 13.8 Å². The second-order valence-electron chi connectivity index (χ2n) is 4.63. The summed E-state index contributed by atoms with van der Waals surface area (Å²) in [4.78, 5) is 40.5. The molecule has 0 N–H and O–H groups in total. The second kappa shape index (κ2) is 10.1. The third kappa shape index (κ3) is 9.78. The maximum atomic E-state index is 11.0. The predicted molar refractivity (Wildman–Crippen MR) is 73.7 cm³/mol. The largest absolute Gasteiger partial charge is 0.370 e. The lowest BCUT2D eigenvalue weighted by molar-refractivity contribution is -0.293. The number of carbonyl (C=O) groups excluding carboxylic acids is 2. The van der Waals surface area contributed by atoms with Crippen molar-refractivity contribution >= 4 is 11.9 Å². The molecule has 7 nitrogen and oxygen atoms in total. The zero-order chi connectivity index (χ0) is 16.4. The summed E-state index contributed by atoms with van der Waals surface area (Å²) in [6.07, 6.45) is -0.697. The standard InChI is InChI=1S/C14H22O7/c1-9(2)13(15)20-17-7-11(5)19-12(6)8-18-21-14(16)10(3)4/h11-12H,1,3,7-8H2,2,4-6H3. The number of carbonyl (C=O) groups is 2. The summed E-state index contributed by atoms with van der Waals surface area (Å²) >= 11 is 0. The van der Waals surface area contributed by atoms with Crippen molar-refractivity contribution in [3.63, 3.8) is 0 Å². The van der Waals surface area contributed by atoms with Gasteiger partial charge in [0.1, 0.15) is 13.2 Å². The maximum absolute atomic E-state index is 11.0. The highest BCUT2D eigenvalue weighted by molar-refractivity contribution is 5.86. The van der Waals surface area contributed by atoms with Crippen LogP contribution >= 0.6 is 0 Å². The van der Waals surface area contributed by atoms with Gasteiger partial charge in [-0.25, -0.2) is 9.59 Å². The lowest BCUT2D eigenvalue weighted by atomic mass is 10.4. The fraction of sp³-hybridized carbons (Fsp3) is 0.571. The van der Waals surface area contributed by atoms with Crippen LogP contribution in [0.25, 0.3) is 0 Å². The monoisotopic (exact) mass is 302 g/mol. The molecule has 0 fully saturated rings. The lowest BCUT2D eigenvalue weighted by Gasteiger charge is -2.17.